The predicted octanol–water partition coefficient (Wildman–Crippen LogP) is 2.86. The van der Waals surface area contributed by atoms with E-state index in [2.05, 4.69) is 4.90 Å². The van der Waals surface area contributed by atoms with Crippen LogP contribution in [0.3, 0.4) is 0 Å². The van der Waals surface area contributed by atoms with Gasteiger partial charge in [0.1, 0.15) is 5.76 Å². The van der Waals surface area contributed by atoms with Gasteiger partial charge < -0.3 is 4.42 Å². The molecule has 0 radical (unpaired) electrons. The number of rotatable bonds is 3. The van der Waals surface area contributed by atoms with Gasteiger partial charge in [-0.2, -0.15) is 0 Å². The highest BCUT2D eigenvalue weighted by Gasteiger charge is 2.10. The molecule has 1 aromatic rings. The number of furan rings is 1. The van der Waals surface area contributed by atoms with Gasteiger partial charge in [-0.05, 0) is 38.1 Å². The van der Waals surface area contributed by atoms with Gasteiger partial charge >= 0.3 is 0 Å². The Bertz CT molecular complexity index is 324. The molecule has 1 saturated heterocycles. The first kappa shape index (κ1) is 11.4. The number of hydrogen-bond donors (Lipinski definition) is 0. The molecule has 1 aromatic heterocycles. The first-order chi connectivity index (χ1) is 7.88. The lowest BCUT2D eigenvalue weighted by atomic mass is 10.1. The van der Waals surface area contributed by atoms with Crippen LogP contribution in [0.5, 0.6) is 0 Å². The maximum Gasteiger partial charge on any atom is 0.185 e. The molecule has 88 valence electrons. The second kappa shape index (κ2) is 5.85. The van der Waals surface area contributed by atoms with Gasteiger partial charge in [0, 0.05) is 0 Å². The lowest BCUT2D eigenvalue weighted by Gasteiger charge is -2.23. The molecule has 0 spiro atoms. The van der Waals surface area contributed by atoms with Crippen LogP contribution in [-0.2, 0) is 6.54 Å². The van der Waals surface area contributed by atoms with Crippen molar-refractivity contribution >= 4 is 6.29 Å². The highest BCUT2D eigenvalue weighted by Crippen LogP contribution is 2.14. The van der Waals surface area contributed by atoms with Crippen LogP contribution in [0.15, 0.2) is 16.5 Å². The summed E-state index contributed by atoms with van der Waals surface area (Å²) >= 11 is 0. The van der Waals surface area contributed by atoms with Crippen LogP contribution in [-0.4, -0.2) is 24.3 Å². The van der Waals surface area contributed by atoms with Crippen LogP contribution < -0.4 is 0 Å². The van der Waals surface area contributed by atoms with E-state index in [9.17, 15) is 4.79 Å². The van der Waals surface area contributed by atoms with Crippen molar-refractivity contribution in [1.29, 1.82) is 0 Å². The highest BCUT2D eigenvalue weighted by molar-refractivity contribution is 5.70. The van der Waals surface area contributed by atoms with Crippen molar-refractivity contribution in [3.8, 4) is 0 Å². The number of carbonyl (C=O) groups excluding carboxylic acids is 1. The summed E-state index contributed by atoms with van der Waals surface area (Å²) in [4.78, 5) is 12.9. The van der Waals surface area contributed by atoms with Crippen LogP contribution in [0.25, 0.3) is 0 Å². The zero-order valence-corrected chi connectivity index (χ0v) is 9.65. The monoisotopic (exact) mass is 221 g/mol. The Morgan fingerprint density at radius 1 is 1.12 bits per heavy atom. The van der Waals surface area contributed by atoms with Gasteiger partial charge in [-0.1, -0.05) is 19.3 Å². The van der Waals surface area contributed by atoms with E-state index < -0.39 is 0 Å². The fourth-order valence-corrected chi connectivity index (χ4v) is 2.23. The van der Waals surface area contributed by atoms with Gasteiger partial charge in [-0.15, -0.1) is 0 Å². The summed E-state index contributed by atoms with van der Waals surface area (Å²) in [6, 6.07) is 3.65. The van der Waals surface area contributed by atoms with Crippen LogP contribution in [0, 0.1) is 0 Å². The van der Waals surface area contributed by atoms with Crippen molar-refractivity contribution in [3.05, 3.63) is 23.7 Å². The fraction of sp³-hybridized carbons (Fsp3) is 0.615. The summed E-state index contributed by atoms with van der Waals surface area (Å²) in [5.74, 6) is 1.34. The van der Waals surface area contributed by atoms with E-state index in [-0.39, 0.29) is 0 Å². The van der Waals surface area contributed by atoms with Crippen LogP contribution >= 0.6 is 0 Å². The molecule has 3 heteroatoms. The second-order valence-electron chi connectivity index (χ2n) is 4.47. The van der Waals surface area contributed by atoms with Gasteiger partial charge in [-0.3, -0.25) is 9.69 Å². The normalized spacial score (nSPS) is 19.0. The summed E-state index contributed by atoms with van der Waals surface area (Å²) < 4.78 is 5.40. The molecule has 0 bridgehead atoms. The molecular weight excluding hydrogens is 202 g/mol. The Morgan fingerprint density at radius 2 is 1.81 bits per heavy atom. The van der Waals surface area contributed by atoms with Crippen LogP contribution in [0.1, 0.15) is 48.4 Å². The number of carbonyl (C=O) groups is 1. The van der Waals surface area contributed by atoms with E-state index >= 15 is 0 Å². The van der Waals surface area contributed by atoms with Gasteiger partial charge in [0.25, 0.3) is 0 Å². The number of likely N-dealkylation sites (tertiary alicyclic amines) is 1. The molecule has 2 heterocycles. The standard InChI is InChI=1S/C13H19NO2/c15-11-13-7-6-12(16-13)10-14-8-4-2-1-3-5-9-14/h6-7,11H,1-5,8-10H2. The minimum Gasteiger partial charge on any atom is -0.457 e. The van der Waals surface area contributed by atoms with Gasteiger partial charge in [0.05, 0.1) is 6.54 Å². The Hall–Kier alpha value is -1.09. The summed E-state index contributed by atoms with van der Waals surface area (Å²) in [7, 11) is 0. The summed E-state index contributed by atoms with van der Waals surface area (Å²) in [5, 5.41) is 0. The molecule has 2 rings (SSSR count). The maximum atomic E-state index is 10.5. The molecule has 1 fully saturated rings. The second-order valence-corrected chi connectivity index (χ2v) is 4.47. The number of aldehydes is 1. The first-order valence-corrected chi connectivity index (χ1v) is 6.15. The van der Waals surface area contributed by atoms with Crippen molar-refractivity contribution < 1.29 is 9.21 Å². The Morgan fingerprint density at radius 3 is 2.44 bits per heavy atom. The molecular formula is C13H19NO2. The molecule has 0 unspecified atom stereocenters. The smallest absolute Gasteiger partial charge is 0.185 e. The minimum absolute atomic E-state index is 0.432. The highest BCUT2D eigenvalue weighted by atomic mass is 16.3. The van der Waals surface area contributed by atoms with Crippen LogP contribution in [0.4, 0.5) is 0 Å². The molecule has 1 aliphatic heterocycles. The molecule has 0 amide bonds. The van der Waals surface area contributed by atoms with E-state index in [4.69, 9.17) is 4.42 Å². The van der Waals surface area contributed by atoms with Gasteiger partial charge in [0.2, 0.25) is 0 Å². The Balaban J connectivity index is 1.88. The SMILES string of the molecule is O=Cc1ccc(CN2CCCCCCC2)o1. The third-order valence-corrected chi connectivity index (χ3v) is 3.13. The summed E-state index contributed by atoms with van der Waals surface area (Å²) in [6.45, 7) is 3.14. The number of nitrogens with zero attached hydrogens (tertiary/aromatic N) is 1. The Labute approximate surface area is 96.4 Å². The molecule has 0 saturated carbocycles. The zero-order chi connectivity index (χ0) is 11.2. The average molecular weight is 221 g/mol. The Kier molecular flexibility index (Phi) is 4.17. The minimum atomic E-state index is 0.432. The van der Waals surface area contributed by atoms with Gasteiger partial charge in [-0.25, -0.2) is 0 Å². The van der Waals surface area contributed by atoms with E-state index in [0.29, 0.717) is 5.76 Å². The predicted molar refractivity (Wildman–Crippen MR) is 62.5 cm³/mol. The van der Waals surface area contributed by atoms with Crippen molar-refractivity contribution in [1.82, 2.24) is 4.90 Å². The van der Waals surface area contributed by atoms with Crippen molar-refractivity contribution in [2.45, 2.75) is 38.6 Å². The largest absolute Gasteiger partial charge is 0.457 e. The zero-order valence-electron chi connectivity index (χ0n) is 9.65. The topological polar surface area (TPSA) is 33.5 Å². The molecule has 1 aliphatic rings. The molecule has 16 heavy (non-hydrogen) atoms. The van der Waals surface area contributed by atoms with E-state index in [0.717, 1.165) is 31.7 Å². The van der Waals surface area contributed by atoms with E-state index in [1.165, 1.54) is 32.1 Å². The summed E-state index contributed by atoms with van der Waals surface area (Å²) in [6.07, 6.45) is 7.38. The van der Waals surface area contributed by atoms with Crippen molar-refractivity contribution in [2.75, 3.05) is 13.1 Å². The van der Waals surface area contributed by atoms with E-state index in [1.807, 2.05) is 6.07 Å². The summed E-state index contributed by atoms with van der Waals surface area (Å²) in [5.41, 5.74) is 0. The molecule has 0 atom stereocenters. The maximum absolute atomic E-state index is 10.5. The average Bonchev–Trinajstić information content (AvgIpc) is 2.69. The van der Waals surface area contributed by atoms with Crippen LogP contribution in [0.2, 0.25) is 0 Å². The van der Waals surface area contributed by atoms with Crippen molar-refractivity contribution in [2.24, 2.45) is 0 Å². The lowest BCUT2D eigenvalue weighted by Crippen LogP contribution is -2.26. The quantitative estimate of drug-likeness (QED) is 0.736. The third-order valence-electron chi connectivity index (χ3n) is 3.13. The molecule has 0 N–H and O–H groups in total. The molecule has 0 aromatic carbocycles. The van der Waals surface area contributed by atoms with Gasteiger partial charge in [0.15, 0.2) is 12.0 Å². The lowest BCUT2D eigenvalue weighted by molar-refractivity contribution is 0.109. The fourth-order valence-electron chi connectivity index (χ4n) is 2.23. The third kappa shape index (κ3) is 3.20. The van der Waals surface area contributed by atoms with E-state index in [1.54, 1.807) is 6.07 Å². The van der Waals surface area contributed by atoms with Crippen molar-refractivity contribution in [3.63, 3.8) is 0 Å². The molecule has 0 aliphatic carbocycles. The molecule has 3 nitrogen and oxygen atoms in total. The first-order valence-electron chi connectivity index (χ1n) is 6.15. The number of hydrogen-bond acceptors (Lipinski definition) is 3.